The highest BCUT2D eigenvalue weighted by atomic mass is 16.5. The zero-order valence-corrected chi connectivity index (χ0v) is 18.9. The van der Waals surface area contributed by atoms with Crippen LogP contribution in [-0.4, -0.2) is 21.7 Å². The first-order chi connectivity index (χ1) is 15.8. The van der Waals surface area contributed by atoms with Gasteiger partial charge in [0.1, 0.15) is 11.3 Å². The van der Waals surface area contributed by atoms with Crippen LogP contribution >= 0.6 is 0 Å². The molecule has 2 heterocycles. The summed E-state index contributed by atoms with van der Waals surface area (Å²) in [6, 6.07) is 19.4. The Kier molecular flexibility index (Phi) is 4.90. The van der Waals surface area contributed by atoms with Gasteiger partial charge in [-0.15, -0.1) is 0 Å². The second-order valence-electron chi connectivity index (χ2n) is 8.47. The molecule has 0 amide bonds. The molecule has 1 aromatic heterocycles. The molecule has 0 saturated heterocycles. The number of aromatic nitrogens is 2. The van der Waals surface area contributed by atoms with E-state index in [9.17, 15) is 9.59 Å². The zero-order valence-electron chi connectivity index (χ0n) is 18.9. The van der Waals surface area contributed by atoms with E-state index >= 15 is 0 Å². The number of carbonyl (C=O) groups is 2. The molecule has 5 rings (SSSR count). The van der Waals surface area contributed by atoms with Crippen LogP contribution in [0, 0.1) is 27.7 Å². The topological polar surface area (TPSA) is 69.2 Å². The fourth-order valence-corrected chi connectivity index (χ4v) is 4.13. The molecule has 5 nitrogen and oxygen atoms in total. The maximum atomic E-state index is 13.2. The van der Waals surface area contributed by atoms with Gasteiger partial charge in [-0.05, 0) is 63.1 Å². The van der Waals surface area contributed by atoms with E-state index in [4.69, 9.17) is 14.7 Å². The van der Waals surface area contributed by atoms with E-state index in [1.165, 1.54) is 0 Å². The number of rotatable bonds is 3. The minimum atomic E-state index is -0.900. The van der Waals surface area contributed by atoms with Crippen molar-refractivity contribution in [2.24, 2.45) is 0 Å². The summed E-state index contributed by atoms with van der Waals surface area (Å²) >= 11 is 0. The van der Waals surface area contributed by atoms with Crippen LogP contribution in [0.5, 0.6) is 0 Å². The Morgan fingerprint density at radius 2 is 1.21 bits per heavy atom. The van der Waals surface area contributed by atoms with Gasteiger partial charge in [0.25, 0.3) is 5.78 Å². The summed E-state index contributed by atoms with van der Waals surface area (Å²) in [4.78, 5) is 35.4. The lowest BCUT2D eigenvalue weighted by Crippen LogP contribution is -2.11. The van der Waals surface area contributed by atoms with Gasteiger partial charge in [-0.3, -0.25) is 4.79 Å². The first kappa shape index (κ1) is 20.8. The number of fused-ring (bicyclic) bond motifs is 1. The molecule has 33 heavy (non-hydrogen) atoms. The molecule has 162 valence electrons. The molecule has 1 aliphatic heterocycles. The molecule has 0 aliphatic carbocycles. The average molecular weight is 434 g/mol. The normalized spacial score (nSPS) is 13.7. The van der Waals surface area contributed by atoms with Crippen LogP contribution in [-0.2, 0) is 14.3 Å². The lowest BCUT2D eigenvalue weighted by atomic mass is 9.94. The number of aryl methyl sites for hydroxylation is 4. The van der Waals surface area contributed by atoms with E-state index in [0.29, 0.717) is 28.0 Å². The molecular formula is C28H22N2O3. The van der Waals surface area contributed by atoms with Crippen molar-refractivity contribution in [3.05, 3.63) is 94.2 Å². The van der Waals surface area contributed by atoms with Crippen LogP contribution in [0.2, 0.25) is 0 Å². The molecule has 0 atom stereocenters. The van der Waals surface area contributed by atoms with Crippen LogP contribution in [0.15, 0.2) is 60.7 Å². The minimum Gasteiger partial charge on any atom is -0.419 e. The Hall–Kier alpha value is -4.12. The summed E-state index contributed by atoms with van der Waals surface area (Å²) in [6.45, 7) is 7.88. The number of carbonyl (C=O) groups excluding carboxylic acids is 2. The number of cyclic esters (lactones) is 1. The molecular weight excluding hydrogens is 412 g/mol. The predicted octanol–water partition coefficient (Wildman–Crippen LogP) is 5.52. The minimum absolute atomic E-state index is 0.155. The van der Waals surface area contributed by atoms with Crippen molar-refractivity contribution >= 4 is 34.1 Å². The molecule has 0 radical (unpaired) electrons. The highest BCUT2D eigenvalue weighted by Gasteiger charge is 2.39. The fraction of sp³-hybridized carbons (Fsp3) is 0.143. The fourth-order valence-electron chi connectivity index (χ4n) is 4.13. The van der Waals surface area contributed by atoms with E-state index in [-0.39, 0.29) is 11.3 Å². The van der Waals surface area contributed by atoms with Crippen LogP contribution < -0.4 is 0 Å². The van der Waals surface area contributed by atoms with Gasteiger partial charge < -0.3 is 4.74 Å². The van der Waals surface area contributed by atoms with Crippen molar-refractivity contribution in [3.8, 4) is 11.3 Å². The molecule has 5 heteroatoms. The first-order valence-corrected chi connectivity index (χ1v) is 10.8. The van der Waals surface area contributed by atoms with E-state index in [2.05, 4.69) is 0 Å². The van der Waals surface area contributed by atoms with Crippen molar-refractivity contribution < 1.29 is 14.3 Å². The van der Waals surface area contributed by atoms with Crippen molar-refractivity contribution in [2.45, 2.75) is 27.7 Å². The lowest BCUT2D eigenvalue weighted by molar-refractivity contribution is -0.144. The summed E-state index contributed by atoms with van der Waals surface area (Å²) in [5, 5.41) is 0. The standard InChI is InChI=1S/C28H22N2O3/c1-15-9-11-17(3)19(13-15)24-25(30-22-8-6-5-7-21(22)29-24)23-26(31)28(32)33-27(23)20-14-16(2)10-12-18(20)4/h5-14H,1-4H3. The van der Waals surface area contributed by atoms with Crippen LogP contribution in [0.1, 0.15) is 33.5 Å². The number of hydrogen-bond donors (Lipinski definition) is 0. The lowest BCUT2D eigenvalue weighted by Gasteiger charge is -2.14. The van der Waals surface area contributed by atoms with Gasteiger partial charge in [-0.25, -0.2) is 14.8 Å². The summed E-state index contributed by atoms with van der Waals surface area (Å²) in [5.41, 5.74) is 7.94. The second-order valence-corrected chi connectivity index (χ2v) is 8.47. The molecule has 0 saturated carbocycles. The van der Waals surface area contributed by atoms with E-state index in [1.807, 2.05) is 88.4 Å². The maximum absolute atomic E-state index is 13.2. The van der Waals surface area contributed by atoms with Crippen LogP contribution in [0.4, 0.5) is 0 Å². The second kappa shape index (κ2) is 7.78. The van der Waals surface area contributed by atoms with Crippen molar-refractivity contribution in [1.29, 1.82) is 0 Å². The van der Waals surface area contributed by atoms with Gasteiger partial charge in [0.2, 0.25) is 0 Å². The van der Waals surface area contributed by atoms with Crippen molar-refractivity contribution in [1.82, 2.24) is 9.97 Å². The predicted molar refractivity (Wildman–Crippen MR) is 128 cm³/mol. The summed E-state index contributed by atoms with van der Waals surface area (Å²) in [5.74, 6) is -1.37. The maximum Gasteiger partial charge on any atom is 0.385 e. The zero-order chi connectivity index (χ0) is 23.3. The third-order valence-corrected chi connectivity index (χ3v) is 5.93. The van der Waals surface area contributed by atoms with Gasteiger partial charge in [0.05, 0.1) is 16.7 Å². The van der Waals surface area contributed by atoms with Gasteiger partial charge in [0, 0.05) is 11.1 Å². The van der Waals surface area contributed by atoms with Gasteiger partial charge in [-0.1, -0.05) is 47.5 Å². The third kappa shape index (κ3) is 3.52. The first-order valence-electron chi connectivity index (χ1n) is 10.8. The number of nitrogens with zero attached hydrogens (tertiary/aromatic N) is 2. The summed E-state index contributed by atoms with van der Waals surface area (Å²) in [6.07, 6.45) is 0. The average Bonchev–Trinajstić information content (AvgIpc) is 3.10. The smallest absolute Gasteiger partial charge is 0.385 e. The van der Waals surface area contributed by atoms with Crippen LogP contribution in [0.3, 0.4) is 0 Å². The third-order valence-electron chi connectivity index (χ3n) is 5.93. The molecule has 1 aliphatic rings. The van der Waals surface area contributed by atoms with Crippen molar-refractivity contribution in [3.63, 3.8) is 0 Å². The quantitative estimate of drug-likeness (QED) is 0.313. The highest BCUT2D eigenvalue weighted by molar-refractivity contribution is 6.58. The van der Waals surface area contributed by atoms with E-state index < -0.39 is 11.8 Å². The molecule has 4 aromatic rings. The van der Waals surface area contributed by atoms with Crippen LogP contribution in [0.25, 0.3) is 33.6 Å². The number of esters is 1. The molecule has 0 spiro atoms. The Labute approximate surface area is 191 Å². The Bertz CT molecular complexity index is 1520. The summed E-state index contributed by atoms with van der Waals surface area (Å²) in [7, 11) is 0. The molecule has 0 N–H and O–H groups in total. The number of benzene rings is 3. The number of Topliss-reactive ketones (excluding diaryl/α,β-unsaturated/α-hetero) is 1. The Morgan fingerprint density at radius 1 is 0.667 bits per heavy atom. The summed E-state index contributed by atoms with van der Waals surface area (Å²) < 4.78 is 5.54. The molecule has 0 unspecified atom stereocenters. The monoisotopic (exact) mass is 434 g/mol. The van der Waals surface area contributed by atoms with Crippen molar-refractivity contribution in [2.75, 3.05) is 0 Å². The largest absolute Gasteiger partial charge is 0.419 e. The molecule has 0 bridgehead atoms. The Morgan fingerprint density at radius 3 is 1.85 bits per heavy atom. The number of para-hydroxylation sites is 2. The SMILES string of the molecule is Cc1ccc(C)c(C2=C(c3nc4ccccc4nc3-c3cc(C)ccc3C)C(=O)C(=O)O2)c1. The number of ketones is 1. The van der Waals surface area contributed by atoms with Gasteiger partial charge in [-0.2, -0.15) is 0 Å². The highest BCUT2D eigenvalue weighted by Crippen LogP contribution is 2.39. The van der Waals surface area contributed by atoms with Gasteiger partial charge >= 0.3 is 5.97 Å². The van der Waals surface area contributed by atoms with E-state index in [1.54, 1.807) is 0 Å². The molecule has 0 fully saturated rings. The number of hydrogen-bond acceptors (Lipinski definition) is 5. The molecule has 3 aromatic carbocycles. The number of ether oxygens (including phenoxy) is 1. The van der Waals surface area contributed by atoms with Gasteiger partial charge in [0.15, 0.2) is 5.76 Å². The Balaban J connectivity index is 1.89. The van der Waals surface area contributed by atoms with E-state index in [0.717, 1.165) is 27.8 Å².